The number of hydrogen-bond donors (Lipinski definition) is 2. The number of carbonyl (C=O) groups excluding carboxylic acids is 2. The van der Waals surface area contributed by atoms with Crippen molar-refractivity contribution in [1.29, 1.82) is 0 Å². The van der Waals surface area contributed by atoms with Crippen LogP contribution < -0.4 is 15.4 Å². The summed E-state index contributed by atoms with van der Waals surface area (Å²) in [6, 6.07) is 11.3. The summed E-state index contributed by atoms with van der Waals surface area (Å²) in [6.45, 7) is 2.04. The highest BCUT2D eigenvalue weighted by atomic mass is 35.5. The molecule has 0 saturated heterocycles. The number of benzene rings is 2. The maximum absolute atomic E-state index is 12.4. The van der Waals surface area contributed by atoms with Crippen molar-refractivity contribution in [2.45, 2.75) is 26.0 Å². The van der Waals surface area contributed by atoms with Crippen molar-refractivity contribution in [3.05, 3.63) is 74.9 Å². The van der Waals surface area contributed by atoms with E-state index in [9.17, 15) is 9.59 Å². The molecule has 6 nitrogen and oxygen atoms in total. The highest BCUT2D eigenvalue weighted by Crippen LogP contribution is 2.31. The molecule has 1 aliphatic heterocycles. The lowest BCUT2D eigenvalue weighted by molar-refractivity contribution is -0.136. The van der Waals surface area contributed by atoms with Gasteiger partial charge in [0.1, 0.15) is 12.4 Å². The number of methoxy groups -OCH3 is 1. The lowest BCUT2D eigenvalue weighted by Gasteiger charge is -2.29. The average Bonchev–Trinajstić information content (AvgIpc) is 2.72. The monoisotopic (exact) mass is 434 g/mol. The number of nitrogens with one attached hydrogen (secondary N) is 2. The minimum absolute atomic E-state index is 0.181. The predicted molar refractivity (Wildman–Crippen MR) is 111 cm³/mol. The largest absolute Gasteiger partial charge is 0.489 e. The molecule has 1 aliphatic rings. The van der Waals surface area contributed by atoms with Gasteiger partial charge in [-0.2, -0.15) is 0 Å². The van der Waals surface area contributed by atoms with Crippen molar-refractivity contribution < 1.29 is 19.1 Å². The molecule has 0 radical (unpaired) electrons. The minimum Gasteiger partial charge on any atom is -0.489 e. The molecule has 3 rings (SSSR count). The predicted octanol–water partition coefficient (Wildman–Crippen LogP) is 4.76. The van der Waals surface area contributed by atoms with E-state index in [2.05, 4.69) is 10.6 Å². The third-order valence-electron chi connectivity index (χ3n) is 4.55. The zero-order valence-corrected chi connectivity index (χ0v) is 17.4. The molecule has 1 heterocycles. The lowest BCUT2D eigenvalue weighted by atomic mass is 9.94. The van der Waals surface area contributed by atoms with E-state index in [4.69, 9.17) is 32.7 Å². The van der Waals surface area contributed by atoms with Crippen LogP contribution >= 0.6 is 23.2 Å². The van der Waals surface area contributed by atoms with Gasteiger partial charge in [-0.1, -0.05) is 48.3 Å². The van der Waals surface area contributed by atoms with Crippen molar-refractivity contribution in [3.63, 3.8) is 0 Å². The van der Waals surface area contributed by atoms with E-state index in [0.29, 0.717) is 44.6 Å². The minimum atomic E-state index is -0.654. The van der Waals surface area contributed by atoms with Crippen LogP contribution in [0.25, 0.3) is 0 Å². The molecule has 8 heteroatoms. The SMILES string of the molecule is CCC1=C(C(=O)OC)C(c2cccc(OCc3c(Cl)cccc3Cl)c2)NC(=O)N1. The highest BCUT2D eigenvalue weighted by Gasteiger charge is 2.32. The van der Waals surface area contributed by atoms with Crippen molar-refractivity contribution in [3.8, 4) is 5.75 Å². The van der Waals surface area contributed by atoms with Crippen LogP contribution in [-0.2, 0) is 16.1 Å². The molecule has 0 aliphatic carbocycles. The van der Waals surface area contributed by atoms with Crippen LogP contribution in [0, 0.1) is 0 Å². The molecule has 2 aromatic carbocycles. The first kappa shape index (κ1) is 21.0. The summed E-state index contributed by atoms with van der Waals surface area (Å²) in [6.07, 6.45) is 0.482. The molecular weight excluding hydrogens is 415 g/mol. The average molecular weight is 435 g/mol. The fourth-order valence-corrected chi connectivity index (χ4v) is 3.61. The van der Waals surface area contributed by atoms with Gasteiger partial charge < -0.3 is 20.1 Å². The van der Waals surface area contributed by atoms with Crippen LogP contribution in [0.15, 0.2) is 53.7 Å². The molecule has 0 saturated carbocycles. The molecule has 0 aromatic heterocycles. The fraction of sp³-hybridized carbons (Fsp3) is 0.238. The van der Waals surface area contributed by atoms with Crippen LogP contribution in [-0.4, -0.2) is 19.1 Å². The number of allylic oxidation sites excluding steroid dienone is 1. The number of esters is 1. The standard InChI is InChI=1S/C21H20Cl2N2O4/c1-3-17-18(20(26)28-2)19(25-21(27)24-17)12-6-4-7-13(10-12)29-11-14-15(22)8-5-9-16(14)23/h4-10,19H,3,11H2,1-2H3,(H2,24,25,27). The van der Waals surface area contributed by atoms with Gasteiger partial charge in [0.2, 0.25) is 0 Å². The van der Waals surface area contributed by atoms with Gasteiger partial charge in [0.05, 0.1) is 18.7 Å². The molecular formula is C21H20Cl2N2O4. The third kappa shape index (κ3) is 4.66. The molecule has 2 amide bonds. The number of halogens is 2. The number of rotatable bonds is 6. The Bertz CT molecular complexity index is 955. The second-order valence-corrected chi connectivity index (χ2v) is 7.14. The number of urea groups is 1. The zero-order chi connectivity index (χ0) is 21.0. The summed E-state index contributed by atoms with van der Waals surface area (Å²) in [5, 5.41) is 6.48. The number of amides is 2. The van der Waals surface area contributed by atoms with Crippen molar-refractivity contribution in [1.82, 2.24) is 10.6 Å². The van der Waals surface area contributed by atoms with E-state index in [-0.39, 0.29) is 12.6 Å². The second kappa shape index (κ2) is 9.20. The Morgan fingerprint density at radius 3 is 2.48 bits per heavy atom. The Hall–Kier alpha value is -2.70. The summed E-state index contributed by atoms with van der Waals surface area (Å²) < 4.78 is 10.8. The third-order valence-corrected chi connectivity index (χ3v) is 5.26. The Balaban J connectivity index is 1.89. The maximum atomic E-state index is 12.4. The summed E-state index contributed by atoms with van der Waals surface area (Å²) in [5.41, 5.74) is 2.26. The molecule has 1 atom stereocenters. The molecule has 29 heavy (non-hydrogen) atoms. The van der Waals surface area contributed by atoms with Crippen LogP contribution in [0.4, 0.5) is 4.79 Å². The summed E-state index contributed by atoms with van der Waals surface area (Å²) in [5.74, 6) is 0.0436. The van der Waals surface area contributed by atoms with Crippen molar-refractivity contribution >= 4 is 35.2 Å². The van der Waals surface area contributed by atoms with Crippen molar-refractivity contribution in [2.75, 3.05) is 7.11 Å². The van der Waals surface area contributed by atoms with Gasteiger partial charge in [-0.25, -0.2) is 9.59 Å². The molecule has 0 fully saturated rings. The number of ether oxygens (including phenoxy) is 2. The smallest absolute Gasteiger partial charge is 0.337 e. The Labute approximate surface area is 178 Å². The molecule has 0 spiro atoms. The van der Waals surface area contributed by atoms with Gasteiger partial charge in [-0.05, 0) is 36.2 Å². The van der Waals surface area contributed by atoms with Crippen molar-refractivity contribution in [2.24, 2.45) is 0 Å². The fourth-order valence-electron chi connectivity index (χ4n) is 3.11. The van der Waals surface area contributed by atoms with Gasteiger partial charge in [-0.3, -0.25) is 0 Å². The first-order valence-corrected chi connectivity index (χ1v) is 9.74. The number of hydrogen-bond acceptors (Lipinski definition) is 4. The Kier molecular flexibility index (Phi) is 6.67. The number of carbonyl (C=O) groups is 2. The molecule has 1 unspecified atom stereocenters. The maximum Gasteiger partial charge on any atom is 0.337 e. The van der Waals surface area contributed by atoms with E-state index in [0.717, 1.165) is 0 Å². The lowest BCUT2D eigenvalue weighted by Crippen LogP contribution is -2.45. The summed E-state index contributed by atoms with van der Waals surface area (Å²) >= 11 is 12.4. The normalized spacial score (nSPS) is 16.1. The highest BCUT2D eigenvalue weighted by molar-refractivity contribution is 6.35. The van der Waals surface area contributed by atoms with E-state index >= 15 is 0 Å². The summed E-state index contributed by atoms with van der Waals surface area (Å²) in [7, 11) is 1.31. The first-order chi connectivity index (χ1) is 13.9. The van der Waals surface area contributed by atoms with E-state index < -0.39 is 12.0 Å². The van der Waals surface area contributed by atoms with Gasteiger partial charge in [0.25, 0.3) is 0 Å². The van der Waals surface area contributed by atoms with Gasteiger partial charge >= 0.3 is 12.0 Å². The molecule has 0 bridgehead atoms. The van der Waals surface area contributed by atoms with Gasteiger partial charge in [-0.15, -0.1) is 0 Å². The van der Waals surface area contributed by atoms with Crippen LogP contribution in [0.5, 0.6) is 5.75 Å². The second-order valence-electron chi connectivity index (χ2n) is 6.33. The molecule has 152 valence electrons. The topological polar surface area (TPSA) is 76.7 Å². The Morgan fingerprint density at radius 1 is 1.14 bits per heavy atom. The quantitative estimate of drug-likeness (QED) is 0.642. The Morgan fingerprint density at radius 2 is 1.83 bits per heavy atom. The van der Waals surface area contributed by atoms with E-state index in [1.165, 1.54) is 7.11 Å². The van der Waals surface area contributed by atoms with E-state index in [1.54, 1.807) is 36.4 Å². The van der Waals surface area contributed by atoms with Crippen LogP contribution in [0.3, 0.4) is 0 Å². The van der Waals surface area contributed by atoms with Gasteiger partial charge in [0.15, 0.2) is 0 Å². The summed E-state index contributed by atoms with van der Waals surface area (Å²) in [4.78, 5) is 24.4. The first-order valence-electron chi connectivity index (χ1n) is 8.99. The molecule has 2 aromatic rings. The van der Waals surface area contributed by atoms with E-state index in [1.807, 2.05) is 13.0 Å². The van der Waals surface area contributed by atoms with Crippen LogP contribution in [0.1, 0.15) is 30.5 Å². The zero-order valence-electron chi connectivity index (χ0n) is 15.9. The van der Waals surface area contributed by atoms with Gasteiger partial charge in [0, 0.05) is 21.3 Å². The van der Waals surface area contributed by atoms with Crippen LogP contribution in [0.2, 0.25) is 10.0 Å². The molecule has 2 N–H and O–H groups in total.